The third-order valence-corrected chi connectivity index (χ3v) is 2.55. The zero-order valence-corrected chi connectivity index (χ0v) is 12.2. The van der Waals surface area contributed by atoms with Crippen LogP contribution in [0.3, 0.4) is 0 Å². The summed E-state index contributed by atoms with van der Waals surface area (Å²) in [5, 5.41) is 1.00. The molecule has 1 aromatic heterocycles. The second-order valence-corrected chi connectivity index (χ2v) is 4.06. The van der Waals surface area contributed by atoms with Crippen molar-refractivity contribution in [2.24, 2.45) is 0 Å². The van der Waals surface area contributed by atoms with Crippen LogP contribution in [-0.2, 0) is 9.47 Å². The maximum atomic E-state index is 10.4. The molecule has 2 rings (SSSR count). The Kier molecular flexibility index (Phi) is 7.47. The maximum absolute atomic E-state index is 10.4. The van der Waals surface area contributed by atoms with Crippen molar-refractivity contribution in [3.05, 3.63) is 42.1 Å². The van der Waals surface area contributed by atoms with Gasteiger partial charge in [-0.1, -0.05) is 18.2 Å². The van der Waals surface area contributed by atoms with E-state index in [4.69, 9.17) is 9.47 Å². The fourth-order valence-electron chi connectivity index (χ4n) is 1.67. The van der Waals surface area contributed by atoms with E-state index in [1.54, 1.807) is 6.20 Å². The molecule has 0 saturated heterocycles. The number of para-hydroxylation sites is 1. The van der Waals surface area contributed by atoms with Gasteiger partial charge in [0.05, 0.1) is 5.52 Å². The first kappa shape index (κ1) is 16.3. The predicted molar refractivity (Wildman–Crippen MR) is 79.8 cm³/mol. The van der Waals surface area contributed by atoms with Crippen LogP contribution in [0, 0.1) is 0 Å². The molecule has 0 radical (unpaired) electrons. The van der Waals surface area contributed by atoms with Crippen molar-refractivity contribution in [2.75, 3.05) is 13.2 Å². The number of ether oxygens (including phenoxy) is 2. The van der Waals surface area contributed by atoms with Crippen molar-refractivity contribution in [3.8, 4) is 0 Å². The first-order valence-electron chi connectivity index (χ1n) is 6.74. The van der Waals surface area contributed by atoms with E-state index in [1.807, 2.05) is 51.1 Å². The predicted octanol–water partition coefficient (Wildman–Crippen LogP) is 3.45. The maximum Gasteiger partial charge on any atom is 0.154 e. The number of hydrogen-bond donors (Lipinski definition) is 0. The summed E-state index contributed by atoms with van der Waals surface area (Å²) in [6.45, 7) is 7.25. The Balaban J connectivity index is 0.000000221. The highest BCUT2D eigenvalue weighted by atomic mass is 16.7. The molecule has 0 amide bonds. The summed E-state index contributed by atoms with van der Waals surface area (Å²) in [6, 6.07) is 9.54. The number of fused-ring (bicyclic) bond motifs is 1. The van der Waals surface area contributed by atoms with Gasteiger partial charge in [-0.3, -0.25) is 9.78 Å². The van der Waals surface area contributed by atoms with Gasteiger partial charge >= 0.3 is 0 Å². The van der Waals surface area contributed by atoms with E-state index in [1.165, 1.54) is 0 Å². The van der Waals surface area contributed by atoms with Crippen LogP contribution in [0.5, 0.6) is 0 Å². The Bertz CT molecular complexity index is 522. The average molecular weight is 275 g/mol. The second kappa shape index (κ2) is 9.18. The van der Waals surface area contributed by atoms with Gasteiger partial charge in [0, 0.05) is 30.4 Å². The molecule has 0 spiro atoms. The number of carbonyl (C=O) groups is 1. The molecule has 4 heteroatoms. The summed E-state index contributed by atoms with van der Waals surface area (Å²) in [7, 11) is 0. The van der Waals surface area contributed by atoms with Gasteiger partial charge < -0.3 is 9.47 Å². The molecule has 0 aliphatic rings. The number of hydrogen-bond acceptors (Lipinski definition) is 4. The molecule has 108 valence electrons. The van der Waals surface area contributed by atoms with E-state index < -0.39 is 0 Å². The lowest BCUT2D eigenvalue weighted by molar-refractivity contribution is -0.123. The van der Waals surface area contributed by atoms with Crippen LogP contribution < -0.4 is 0 Å². The Morgan fingerprint density at radius 2 is 1.85 bits per heavy atom. The van der Waals surface area contributed by atoms with Crippen LogP contribution in [-0.4, -0.2) is 30.8 Å². The fraction of sp³-hybridized carbons (Fsp3) is 0.375. The summed E-state index contributed by atoms with van der Waals surface area (Å²) in [5.74, 6) is 0. The lowest BCUT2D eigenvalue weighted by Gasteiger charge is -2.09. The van der Waals surface area contributed by atoms with Crippen LogP contribution in [0.15, 0.2) is 36.5 Å². The van der Waals surface area contributed by atoms with Crippen molar-refractivity contribution in [3.63, 3.8) is 0 Å². The van der Waals surface area contributed by atoms with Gasteiger partial charge in [-0.25, -0.2) is 0 Å². The van der Waals surface area contributed by atoms with E-state index in [0.717, 1.165) is 30.4 Å². The third kappa shape index (κ3) is 5.47. The Labute approximate surface area is 119 Å². The highest BCUT2D eigenvalue weighted by Crippen LogP contribution is 2.10. The van der Waals surface area contributed by atoms with Gasteiger partial charge in [0.25, 0.3) is 0 Å². The molecule has 0 aliphatic carbocycles. The highest BCUT2D eigenvalue weighted by molar-refractivity contribution is 5.85. The van der Waals surface area contributed by atoms with Crippen LogP contribution in [0.1, 0.15) is 31.1 Å². The van der Waals surface area contributed by atoms with Crippen molar-refractivity contribution in [2.45, 2.75) is 27.1 Å². The van der Waals surface area contributed by atoms with Gasteiger partial charge in [0.2, 0.25) is 0 Å². The molecule has 4 nitrogen and oxygen atoms in total. The monoisotopic (exact) mass is 275 g/mol. The lowest BCUT2D eigenvalue weighted by atomic mass is 10.2. The number of nitrogens with zero attached hydrogens (tertiary/aromatic N) is 1. The Hall–Kier alpha value is -1.78. The van der Waals surface area contributed by atoms with Gasteiger partial charge in [0.15, 0.2) is 12.6 Å². The highest BCUT2D eigenvalue weighted by Gasteiger charge is 1.95. The molecule has 0 fully saturated rings. The minimum atomic E-state index is -0.0370. The molecule has 0 unspecified atom stereocenters. The topological polar surface area (TPSA) is 48.4 Å². The van der Waals surface area contributed by atoms with Crippen LogP contribution in [0.25, 0.3) is 10.9 Å². The number of aldehydes is 1. The van der Waals surface area contributed by atoms with E-state index in [9.17, 15) is 4.79 Å². The van der Waals surface area contributed by atoms with E-state index >= 15 is 0 Å². The first-order valence-corrected chi connectivity index (χ1v) is 6.74. The quantitative estimate of drug-likeness (QED) is 0.619. The number of rotatable bonds is 5. The molecule has 2 aromatic rings. The molecular formula is C16H21NO3. The van der Waals surface area contributed by atoms with Gasteiger partial charge in [-0.05, 0) is 32.9 Å². The van der Waals surface area contributed by atoms with Crippen molar-refractivity contribution >= 4 is 17.2 Å². The smallest absolute Gasteiger partial charge is 0.154 e. The summed E-state index contributed by atoms with van der Waals surface area (Å²) in [5.41, 5.74) is 1.54. The van der Waals surface area contributed by atoms with E-state index in [-0.39, 0.29) is 6.29 Å². The average Bonchev–Trinajstić information content (AvgIpc) is 2.48. The molecule has 0 saturated carbocycles. The zero-order valence-electron chi connectivity index (χ0n) is 12.2. The van der Waals surface area contributed by atoms with Crippen LogP contribution >= 0.6 is 0 Å². The Morgan fingerprint density at radius 3 is 2.45 bits per heavy atom. The largest absolute Gasteiger partial charge is 0.353 e. The summed E-state index contributed by atoms with van der Waals surface area (Å²) in [4.78, 5) is 14.5. The van der Waals surface area contributed by atoms with Crippen molar-refractivity contribution < 1.29 is 14.3 Å². The number of carbonyl (C=O) groups excluding carboxylic acids is 1. The van der Waals surface area contributed by atoms with Gasteiger partial charge in [-0.15, -0.1) is 0 Å². The molecule has 1 aromatic carbocycles. The summed E-state index contributed by atoms with van der Waals surface area (Å²) in [6.07, 6.45) is 2.35. The Morgan fingerprint density at radius 1 is 1.20 bits per heavy atom. The van der Waals surface area contributed by atoms with Crippen molar-refractivity contribution in [1.82, 2.24) is 4.98 Å². The molecular weight excluding hydrogens is 254 g/mol. The van der Waals surface area contributed by atoms with Crippen molar-refractivity contribution in [1.29, 1.82) is 0 Å². The molecule has 0 aliphatic heterocycles. The molecule has 20 heavy (non-hydrogen) atoms. The van der Waals surface area contributed by atoms with Gasteiger partial charge in [-0.2, -0.15) is 0 Å². The standard InChI is InChI=1S/C10H7NO.C6H14O2/c12-7-8-5-9-3-1-2-4-10(9)11-6-8;1-4-7-6(3)8-5-2/h1-7H;6H,4-5H2,1-3H3. The fourth-order valence-corrected chi connectivity index (χ4v) is 1.67. The van der Waals surface area contributed by atoms with Crippen LogP contribution in [0.2, 0.25) is 0 Å². The van der Waals surface area contributed by atoms with Crippen LogP contribution in [0.4, 0.5) is 0 Å². The van der Waals surface area contributed by atoms with E-state index in [2.05, 4.69) is 4.98 Å². The normalized spacial score (nSPS) is 10.2. The number of pyridine rings is 1. The van der Waals surface area contributed by atoms with Gasteiger partial charge in [0.1, 0.15) is 0 Å². The zero-order chi connectivity index (χ0) is 14.8. The van der Waals surface area contributed by atoms with E-state index in [0.29, 0.717) is 5.56 Å². The SMILES string of the molecule is CCOC(C)OCC.O=Cc1cnc2ccccc2c1. The molecule has 1 heterocycles. The lowest BCUT2D eigenvalue weighted by Crippen LogP contribution is -2.11. The summed E-state index contributed by atoms with van der Waals surface area (Å²) < 4.78 is 10.1. The second-order valence-electron chi connectivity index (χ2n) is 4.06. The third-order valence-electron chi connectivity index (χ3n) is 2.55. The number of benzene rings is 1. The summed E-state index contributed by atoms with van der Waals surface area (Å²) >= 11 is 0. The molecule has 0 N–H and O–H groups in total. The minimum Gasteiger partial charge on any atom is -0.353 e. The minimum absolute atomic E-state index is 0.0370. The number of aromatic nitrogens is 1. The molecule has 0 atom stereocenters. The first-order chi connectivity index (χ1) is 9.71. The molecule has 0 bridgehead atoms.